The predicted molar refractivity (Wildman–Crippen MR) is 110 cm³/mol. The fourth-order valence-corrected chi connectivity index (χ4v) is 3.19. The first-order chi connectivity index (χ1) is 13.4. The molecule has 1 fully saturated rings. The number of piperazine rings is 1. The number of hydrogen-bond donors (Lipinski definition) is 2. The van der Waals surface area contributed by atoms with E-state index in [1.54, 1.807) is 29.2 Å². The maximum Gasteiger partial charge on any atom is 0.313 e. The van der Waals surface area contributed by atoms with Gasteiger partial charge in [-0.15, -0.1) is 0 Å². The average Bonchev–Trinajstić information content (AvgIpc) is 2.68. The minimum Gasteiger partial charge on any atom is -0.368 e. The summed E-state index contributed by atoms with van der Waals surface area (Å²) in [6.07, 6.45) is 0. The Kier molecular flexibility index (Phi) is 6.16. The Labute approximate surface area is 168 Å². The molecule has 0 aliphatic carbocycles. The molecule has 3 rings (SSSR count). The van der Waals surface area contributed by atoms with Gasteiger partial charge in [-0.2, -0.15) is 0 Å². The number of nitrogens with zero attached hydrogens (tertiary/aromatic N) is 2. The molecule has 1 aliphatic heterocycles. The Morgan fingerprint density at radius 3 is 2.07 bits per heavy atom. The molecule has 2 N–H and O–H groups in total. The number of hydrogen-bond acceptors (Lipinski definition) is 4. The number of rotatable bonds is 3. The molecule has 0 saturated carbocycles. The van der Waals surface area contributed by atoms with Crippen LogP contribution in [0.4, 0.5) is 17.1 Å². The first-order valence-electron chi connectivity index (χ1n) is 8.91. The molecule has 146 valence electrons. The third-order valence-electron chi connectivity index (χ3n) is 4.40. The van der Waals surface area contributed by atoms with Crippen molar-refractivity contribution in [2.24, 2.45) is 0 Å². The lowest BCUT2D eigenvalue weighted by atomic mass is 10.2. The van der Waals surface area contributed by atoms with E-state index in [9.17, 15) is 14.4 Å². The summed E-state index contributed by atoms with van der Waals surface area (Å²) in [4.78, 5) is 39.4. The van der Waals surface area contributed by atoms with E-state index in [4.69, 9.17) is 11.6 Å². The molecule has 1 aliphatic rings. The monoisotopic (exact) mass is 400 g/mol. The van der Waals surface area contributed by atoms with E-state index in [1.807, 2.05) is 24.3 Å². The predicted octanol–water partition coefficient (Wildman–Crippen LogP) is 2.59. The number of halogens is 1. The highest BCUT2D eigenvalue weighted by molar-refractivity contribution is 6.39. The van der Waals surface area contributed by atoms with E-state index < -0.39 is 11.8 Å². The zero-order chi connectivity index (χ0) is 20.1. The summed E-state index contributed by atoms with van der Waals surface area (Å²) >= 11 is 6.03. The maximum absolute atomic E-state index is 12.4. The Morgan fingerprint density at radius 1 is 0.893 bits per heavy atom. The van der Waals surface area contributed by atoms with Gasteiger partial charge >= 0.3 is 11.8 Å². The van der Waals surface area contributed by atoms with Crippen molar-refractivity contribution < 1.29 is 14.4 Å². The molecule has 0 atom stereocenters. The fourth-order valence-electron chi connectivity index (χ4n) is 3.01. The van der Waals surface area contributed by atoms with Crippen LogP contribution in [0.25, 0.3) is 0 Å². The smallest absolute Gasteiger partial charge is 0.313 e. The van der Waals surface area contributed by atoms with Crippen LogP contribution in [-0.4, -0.2) is 48.8 Å². The van der Waals surface area contributed by atoms with Gasteiger partial charge in [0.2, 0.25) is 5.91 Å². The summed E-state index contributed by atoms with van der Waals surface area (Å²) in [6, 6.07) is 14.1. The highest BCUT2D eigenvalue weighted by atomic mass is 35.5. The molecule has 1 saturated heterocycles. The molecule has 0 spiro atoms. The summed E-state index contributed by atoms with van der Waals surface area (Å²) in [6.45, 7) is 3.59. The molecule has 7 nitrogen and oxygen atoms in total. The average molecular weight is 401 g/mol. The van der Waals surface area contributed by atoms with Crippen molar-refractivity contribution in [1.29, 1.82) is 0 Å². The van der Waals surface area contributed by atoms with Gasteiger partial charge in [-0.3, -0.25) is 14.4 Å². The fraction of sp³-hybridized carbons (Fsp3) is 0.250. The van der Waals surface area contributed by atoms with E-state index in [1.165, 1.54) is 6.92 Å². The lowest BCUT2D eigenvalue weighted by Crippen LogP contribution is -2.51. The van der Waals surface area contributed by atoms with Crippen LogP contribution in [0.3, 0.4) is 0 Å². The van der Waals surface area contributed by atoms with Crippen LogP contribution in [0.5, 0.6) is 0 Å². The van der Waals surface area contributed by atoms with Crippen molar-refractivity contribution >= 4 is 46.4 Å². The van der Waals surface area contributed by atoms with Crippen molar-refractivity contribution in [3.05, 3.63) is 53.6 Å². The van der Waals surface area contributed by atoms with E-state index in [0.29, 0.717) is 42.6 Å². The van der Waals surface area contributed by atoms with Gasteiger partial charge in [-0.25, -0.2) is 0 Å². The van der Waals surface area contributed by atoms with Gasteiger partial charge in [0.05, 0.1) is 0 Å². The minimum absolute atomic E-state index is 0.177. The van der Waals surface area contributed by atoms with Gasteiger partial charge < -0.3 is 20.4 Å². The van der Waals surface area contributed by atoms with Gasteiger partial charge in [0.1, 0.15) is 0 Å². The van der Waals surface area contributed by atoms with Crippen LogP contribution in [0.2, 0.25) is 5.02 Å². The summed E-state index contributed by atoms with van der Waals surface area (Å²) in [5.74, 6) is -1.41. The summed E-state index contributed by atoms with van der Waals surface area (Å²) in [5.41, 5.74) is 2.11. The van der Waals surface area contributed by atoms with Crippen molar-refractivity contribution in [2.45, 2.75) is 6.92 Å². The molecule has 0 radical (unpaired) electrons. The molecule has 28 heavy (non-hydrogen) atoms. The quantitative estimate of drug-likeness (QED) is 0.776. The molecule has 0 bridgehead atoms. The van der Waals surface area contributed by atoms with Gasteiger partial charge in [0.25, 0.3) is 0 Å². The largest absolute Gasteiger partial charge is 0.368 e. The molecular weight excluding hydrogens is 380 g/mol. The molecule has 2 aromatic carbocycles. The summed E-state index contributed by atoms with van der Waals surface area (Å²) in [5, 5.41) is 5.90. The van der Waals surface area contributed by atoms with Crippen molar-refractivity contribution in [2.75, 3.05) is 41.7 Å². The van der Waals surface area contributed by atoms with E-state index >= 15 is 0 Å². The van der Waals surface area contributed by atoms with Crippen LogP contribution in [0.15, 0.2) is 48.5 Å². The number of benzene rings is 2. The number of anilines is 3. The first-order valence-corrected chi connectivity index (χ1v) is 9.28. The zero-order valence-corrected chi connectivity index (χ0v) is 16.2. The van der Waals surface area contributed by atoms with Crippen molar-refractivity contribution in [1.82, 2.24) is 4.90 Å². The number of carbonyl (C=O) groups is 3. The third kappa shape index (κ3) is 5.01. The second-order valence-electron chi connectivity index (χ2n) is 6.47. The second-order valence-corrected chi connectivity index (χ2v) is 6.91. The van der Waals surface area contributed by atoms with Crippen LogP contribution in [-0.2, 0) is 14.4 Å². The number of nitrogens with one attached hydrogen (secondary N) is 2. The molecule has 3 amide bonds. The lowest BCUT2D eigenvalue weighted by Gasteiger charge is -2.35. The number of carbonyl (C=O) groups excluding carboxylic acids is 3. The highest BCUT2D eigenvalue weighted by Crippen LogP contribution is 2.21. The topological polar surface area (TPSA) is 81.8 Å². The second kappa shape index (κ2) is 8.75. The highest BCUT2D eigenvalue weighted by Gasteiger charge is 2.26. The summed E-state index contributed by atoms with van der Waals surface area (Å²) in [7, 11) is 0. The molecular formula is C20H21ClN4O3. The number of amides is 3. The lowest BCUT2D eigenvalue weighted by molar-refractivity contribution is -0.143. The third-order valence-corrected chi connectivity index (χ3v) is 4.63. The van der Waals surface area contributed by atoms with Crippen LogP contribution in [0, 0.1) is 0 Å². The molecule has 2 aromatic rings. The van der Waals surface area contributed by atoms with E-state index in [2.05, 4.69) is 15.5 Å². The van der Waals surface area contributed by atoms with Gasteiger partial charge in [-0.1, -0.05) is 17.7 Å². The van der Waals surface area contributed by atoms with Crippen LogP contribution >= 0.6 is 11.6 Å². The Balaban J connectivity index is 1.53. The SMILES string of the molecule is CC(=O)Nc1ccc(NC(=O)C(=O)N2CCN(c3cccc(Cl)c3)CC2)cc1. The Morgan fingerprint density at radius 2 is 1.50 bits per heavy atom. The Bertz CT molecular complexity index is 877. The van der Waals surface area contributed by atoms with E-state index in [0.717, 1.165) is 5.69 Å². The maximum atomic E-state index is 12.4. The van der Waals surface area contributed by atoms with Crippen LogP contribution < -0.4 is 15.5 Å². The molecule has 0 aromatic heterocycles. The van der Waals surface area contributed by atoms with Crippen molar-refractivity contribution in [3.63, 3.8) is 0 Å². The van der Waals surface area contributed by atoms with E-state index in [-0.39, 0.29) is 5.91 Å². The van der Waals surface area contributed by atoms with Crippen LogP contribution in [0.1, 0.15) is 6.92 Å². The van der Waals surface area contributed by atoms with Gasteiger partial charge in [0, 0.05) is 55.2 Å². The molecule has 0 unspecified atom stereocenters. The zero-order valence-electron chi connectivity index (χ0n) is 15.4. The Hall–Kier alpha value is -3.06. The minimum atomic E-state index is -0.677. The summed E-state index contributed by atoms with van der Waals surface area (Å²) < 4.78 is 0. The molecule has 8 heteroatoms. The normalized spacial score (nSPS) is 13.8. The van der Waals surface area contributed by atoms with Gasteiger partial charge in [0.15, 0.2) is 0 Å². The molecule has 1 heterocycles. The van der Waals surface area contributed by atoms with Crippen molar-refractivity contribution in [3.8, 4) is 0 Å². The van der Waals surface area contributed by atoms with Gasteiger partial charge in [-0.05, 0) is 42.5 Å². The standard InChI is InChI=1S/C20H21ClN4O3/c1-14(26)22-16-5-7-17(8-6-16)23-19(27)20(28)25-11-9-24(10-12-25)18-4-2-3-15(21)13-18/h2-8,13H,9-12H2,1H3,(H,22,26)(H,23,27). The first kappa shape index (κ1) is 19.7.